The van der Waals surface area contributed by atoms with Gasteiger partial charge >= 0.3 is 0 Å². The maximum absolute atomic E-state index is 12.1. The third kappa shape index (κ3) is 3.62. The zero-order valence-electron chi connectivity index (χ0n) is 10.2. The van der Waals surface area contributed by atoms with Crippen LogP contribution in [0.5, 0.6) is 0 Å². The van der Waals surface area contributed by atoms with Crippen LogP contribution in [0.2, 0.25) is 5.02 Å². The first-order chi connectivity index (χ1) is 8.46. The summed E-state index contributed by atoms with van der Waals surface area (Å²) in [5.74, 6) is 0.708. The Bertz CT molecular complexity index is 522. The van der Waals surface area contributed by atoms with Crippen LogP contribution in [0.4, 0.5) is 5.69 Å². The maximum atomic E-state index is 12.1. The molecule has 1 aliphatic rings. The standard InChI is InChI=1S/C13H18ClNO2S/c14-12-6-5-11(7-13(12)15)9-18(16,17)8-10-3-1-2-4-10/h5-7,10H,1-4,8-9,15H2. The monoisotopic (exact) mass is 287 g/mol. The predicted octanol–water partition coefficient (Wildman–Crippen LogP) is 3.03. The minimum Gasteiger partial charge on any atom is -0.398 e. The van der Waals surface area contributed by atoms with Crippen molar-refractivity contribution < 1.29 is 8.42 Å². The molecule has 5 heteroatoms. The number of rotatable bonds is 4. The van der Waals surface area contributed by atoms with Gasteiger partial charge in [-0.05, 0) is 36.5 Å². The largest absolute Gasteiger partial charge is 0.398 e. The average Bonchev–Trinajstić information content (AvgIpc) is 2.75. The van der Waals surface area contributed by atoms with E-state index in [1.54, 1.807) is 18.2 Å². The molecule has 0 heterocycles. The number of sulfone groups is 1. The van der Waals surface area contributed by atoms with Crippen molar-refractivity contribution in [1.82, 2.24) is 0 Å². The van der Waals surface area contributed by atoms with Gasteiger partial charge in [0.05, 0.1) is 22.2 Å². The number of benzene rings is 1. The molecule has 0 spiro atoms. The van der Waals surface area contributed by atoms with Gasteiger partial charge in [0, 0.05) is 0 Å². The second-order valence-corrected chi connectivity index (χ2v) is 7.58. The van der Waals surface area contributed by atoms with Gasteiger partial charge in [-0.1, -0.05) is 30.5 Å². The van der Waals surface area contributed by atoms with Gasteiger partial charge in [0.15, 0.2) is 9.84 Å². The van der Waals surface area contributed by atoms with Crippen LogP contribution in [0.15, 0.2) is 18.2 Å². The molecule has 0 aliphatic heterocycles. The molecule has 2 rings (SSSR count). The molecule has 1 fully saturated rings. The lowest BCUT2D eigenvalue weighted by Gasteiger charge is -2.10. The number of hydrogen-bond acceptors (Lipinski definition) is 3. The number of nitrogen functional groups attached to an aromatic ring is 1. The molecule has 0 bridgehead atoms. The summed E-state index contributed by atoms with van der Waals surface area (Å²) in [4.78, 5) is 0. The van der Waals surface area contributed by atoms with E-state index < -0.39 is 9.84 Å². The van der Waals surface area contributed by atoms with Gasteiger partial charge in [-0.15, -0.1) is 0 Å². The SMILES string of the molecule is Nc1cc(CS(=O)(=O)CC2CCCC2)ccc1Cl. The van der Waals surface area contributed by atoms with Crippen LogP contribution in [-0.4, -0.2) is 14.2 Å². The fourth-order valence-corrected chi connectivity index (χ4v) is 4.51. The third-order valence-electron chi connectivity index (χ3n) is 3.41. The van der Waals surface area contributed by atoms with Crippen LogP contribution in [-0.2, 0) is 15.6 Å². The Morgan fingerprint density at radius 3 is 2.56 bits per heavy atom. The zero-order valence-corrected chi connectivity index (χ0v) is 11.8. The summed E-state index contributed by atoms with van der Waals surface area (Å²) in [5.41, 5.74) is 6.83. The Labute approximate surface area is 113 Å². The lowest BCUT2D eigenvalue weighted by Crippen LogP contribution is -2.15. The van der Waals surface area contributed by atoms with Gasteiger partial charge in [0.25, 0.3) is 0 Å². The zero-order chi connectivity index (χ0) is 13.2. The van der Waals surface area contributed by atoms with E-state index in [2.05, 4.69) is 0 Å². The highest BCUT2D eigenvalue weighted by Crippen LogP contribution is 2.27. The van der Waals surface area contributed by atoms with Crippen molar-refractivity contribution in [3.05, 3.63) is 28.8 Å². The second kappa shape index (κ2) is 5.49. The third-order valence-corrected chi connectivity index (χ3v) is 5.51. The molecule has 0 aromatic heterocycles. The summed E-state index contributed by atoms with van der Waals surface area (Å²) in [6.07, 6.45) is 4.41. The van der Waals surface area contributed by atoms with Crippen LogP contribution in [0.25, 0.3) is 0 Å². The Hall–Kier alpha value is -0.740. The molecule has 1 saturated carbocycles. The lowest BCUT2D eigenvalue weighted by molar-refractivity contribution is 0.558. The summed E-state index contributed by atoms with van der Waals surface area (Å²) < 4.78 is 24.2. The van der Waals surface area contributed by atoms with E-state index in [0.717, 1.165) is 31.2 Å². The molecule has 1 aliphatic carbocycles. The first kappa shape index (κ1) is 13.7. The molecule has 3 nitrogen and oxygen atoms in total. The van der Waals surface area contributed by atoms with Crippen molar-refractivity contribution in [3.8, 4) is 0 Å². The van der Waals surface area contributed by atoms with Gasteiger partial charge in [-0.2, -0.15) is 0 Å². The second-order valence-electron chi connectivity index (χ2n) is 5.06. The normalized spacial score (nSPS) is 17.2. The van der Waals surface area contributed by atoms with Crippen molar-refractivity contribution in [2.24, 2.45) is 5.92 Å². The maximum Gasteiger partial charge on any atom is 0.154 e. The summed E-state index contributed by atoms with van der Waals surface area (Å²) >= 11 is 5.81. The van der Waals surface area contributed by atoms with E-state index in [4.69, 9.17) is 17.3 Å². The van der Waals surface area contributed by atoms with Crippen LogP contribution < -0.4 is 5.73 Å². The first-order valence-electron chi connectivity index (χ1n) is 6.20. The average molecular weight is 288 g/mol. The van der Waals surface area contributed by atoms with E-state index in [1.807, 2.05) is 0 Å². The summed E-state index contributed by atoms with van der Waals surface area (Å²) in [5, 5.41) is 0.465. The molecule has 0 unspecified atom stereocenters. The molecule has 0 radical (unpaired) electrons. The van der Waals surface area contributed by atoms with Crippen molar-refractivity contribution in [1.29, 1.82) is 0 Å². The number of anilines is 1. The van der Waals surface area contributed by atoms with Gasteiger partial charge in [-0.25, -0.2) is 8.42 Å². The molecule has 1 aromatic carbocycles. The number of halogens is 1. The van der Waals surface area contributed by atoms with Gasteiger partial charge < -0.3 is 5.73 Å². The summed E-state index contributed by atoms with van der Waals surface area (Å²) in [6, 6.07) is 5.02. The smallest absolute Gasteiger partial charge is 0.154 e. The molecule has 0 atom stereocenters. The molecule has 0 saturated heterocycles. The predicted molar refractivity (Wildman–Crippen MR) is 75.3 cm³/mol. The quantitative estimate of drug-likeness (QED) is 0.866. The molecular weight excluding hydrogens is 270 g/mol. The fourth-order valence-electron chi connectivity index (χ4n) is 2.53. The topological polar surface area (TPSA) is 60.2 Å². The van der Waals surface area contributed by atoms with E-state index >= 15 is 0 Å². The fraction of sp³-hybridized carbons (Fsp3) is 0.538. The van der Waals surface area contributed by atoms with Crippen molar-refractivity contribution >= 4 is 27.1 Å². The molecule has 1 aromatic rings. The number of hydrogen-bond donors (Lipinski definition) is 1. The van der Waals surface area contributed by atoms with E-state index in [0.29, 0.717) is 22.4 Å². The number of nitrogens with two attached hydrogens (primary N) is 1. The Morgan fingerprint density at radius 2 is 1.94 bits per heavy atom. The van der Waals surface area contributed by atoms with Crippen molar-refractivity contribution in [3.63, 3.8) is 0 Å². The van der Waals surface area contributed by atoms with Gasteiger partial charge in [0.1, 0.15) is 0 Å². The van der Waals surface area contributed by atoms with Crippen molar-refractivity contribution in [2.75, 3.05) is 11.5 Å². The van der Waals surface area contributed by atoms with Crippen molar-refractivity contribution in [2.45, 2.75) is 31.4 Å². The Kier molecular flexibility index (Phi) is 4.17. The molecule has 18 heavy (non-hydrogen) atoms. The van der Waals surface area contributed by atoms with E-state index in [-0.39, 0.29) is 5.75 Å². The van der Waals surface area contributed by atoms with Crippen LogP contribution in [0, 0.1) is 5.92 Å². The highest BCUT2D eigenvalue weighted by Gasteiger charge is 2.22. The molecular formula is C13H18ClNO2S. The minimum absolute atomic E-state index is 0.0604. The van der Waals surface area contributed by atoms with Gasteiger partial charge in [0.2, 0.25) is 0 Å². The summed E-state index contributed by atoms with van der Waals surface area (Å²) in [7, 11) is -3.05. The summed E-state index contributed by atoms with van der Waals surface area (Å²) in [6.45, 7) is 0. The van der Waals surface area contributed by atoms with E-state index in [9.17, 15) is 8.42 Å². The first-order valence-corrected chi connectivity index (χ1v) is 8.40. The van der Waals surface area contributed by atoms with Crippen LogP contribution >= 0.6 is 11.6 Å². The van der Waals surface area contributed by atoms with Gasteiger partial charge in [-0.3, -0.25) is 0 Å². The Balaban J connectivity index is 2.04. The Morgan fingerprint density at radius 1 is 1.28 bits per heavy atom. The molecule has 100 valence electrons. The van der Waals surface area contributed by atoms with E-state index in [1.165, 1.54) is 0 Å². The highest BCUT2D eigenvalue weighted by atomic mass is 35.5. The van der Waals surface area contributed by atoms with Crippen LogP contribution in [0.3, 0.4) is 0 Å². The lowest BCUT2D eigenvalue weighted by atomic mass is 10.1. The highest BCUT2D eigenvalue weighted by molar-refractivity contribution is 7.90. The minimum atomic E-state index is -3.05. The molecule has 0 amide bonds. The molecule has 2 N–H and O–H groups in total. The van der Waals surface area contributed by atoms with Crippen LogP contribution in [0.1, 0.15) is 31.2 Å².